The normalized spacial score (nSPS) is 16.0. The molecule has 2 saturated heterocycles. The van der Waals surface area contributed by atoms with Crippen LogP contribution < -0.4 is 9.29 Å². The van der Waals surface area contributed by atoms with E-state index >= 15 is 0 Å². The minimum absolute atomic E-state index is 0.302. The van der Waals surface area contributed by atoms with Crippen LogP contribution in [-0.2, 0) is 47.1 Å². The number of hydrogen-bond acceptors (Lipinski definition) is 6. The first-order valence-electron chi connectivity index (χ1n) is 15.6. The smallest absolute Gasteiger partial charge is 0.317 e. The maximum atomic E-state index is 12.7. The number of benzene rings is 2. The van der Waals surface area contributed by atoms with Crippen molar-refractivity contribution in [2.24, 2.45) is 18.9 Å². The summed E-state index contributed by atoms with van der Waals surface area (Å²) in [6, 6.07) is 22.7. The van der Waals surface area contributed by atoms with Gasteiger partial charge in [-0.2, -0.15) is 26.4 Å². The largest absolute Gasteiger partial charge is 0.480 e. The van der Waals surface area contributed by atoms with Crippen LogP contribution in [-0.4, -0.2) is 51.9 Å². The zero-order valence-corrected chi connectivity index (χ0v) is 28.9. The van der Waals surface area contributed by atoms with Gasteiger partial charge in [0.2, 0.25) is 0 Å². The first-order chi connectivity index (χ1) is 21.8. The van der Waals surface area contributed by atoms with Crippen molar-refractivity contribution >= 4 is 20.8 Å². The Morgan fingerprint density at radius 2 is 1.30 bits per heavy atom. The predicted molar refractivity (Wildman–Crippen MR) is 177 cm³/mol. The molecule has 0 unspecified atom stereocenters. The molecule has 3 heterocycles. The Balaban J connectivity index is 0.000000233. The lowest BCUT2D eigenvalue weighted by atomic mass is 9.91. The van der Waals surface area contributed by atoms with E-state index in [1.807, 2.05) is 18.2 Å². The SMILES string of the molecule is CC#N.CCc1n(C)c(C)c[n+]1S(=O)(=O)F.O=S(=O)(F)N1CCC(Cc2ccccc2)CC1.c1ccc(CC2CCNCC2)cc1. The van der Waals surface area contributed by atoms with Crippen molar-refractivity contribution in [2.75, 3.05) is 26.2 Å². The second-order valence-electron chi connectivity index (χ2n) is 11.4. The molecule has 0 amide bonds. The molecule has 0 aliphatic carbocycles. The van der Waals surface area contributed by atoms with Crippen LogP contribution in [0.1, 0.15) is 62.2 Å². The van der Waals surface area contributed by atoms with Crippen LogP contribution in [0.15, 0.2) is 66.9 Å². The Labute approximate surface area is 274 Å². The predicted octanol–water partition coefficient (Wildman–Crippen LogP) is 5.16. The Kier molecular flexibility index (Phi) is 16.5. The molecule has 9 nitrogen and oxygen atoms in total. The highest BCUT2D eigenvalue weighted by Crippen LogP contribution is 2.23. The van der Waals surface area contributed by atoms with Crippen LogP contribution in [0.2, 0.25) is 0 Å². The van der Waals surface area contributed by atoms with Gasteiger partial charge in [-0.25, -0.2) is 4.57 Å². The first-order valence-corrected chi connectivity index (χ1v) is 18.3. The highest BCUT2D eigenvalue weighted by Gasteiger charge is 2.28. The van der Waals surface area contributed by atoms with Gasteiger partial charge < -0.3 is 5.32 Å². The molecular weight excluding hydrogens is 633 g/mol. The topological polar surface area (TPSA) is 116 Å². The van der Waals surface area contributed by atoms with Gasteiger partial charge in [0, 0.05) is 33.4 Å². The summed E-state index contributed by atoms with van der Waals surface area (Å²) in [6.07, 6.45) is 8.10. The van der Waals surface area contributed by atoms with Crippen LogP contribution >= 0.6 is 0 Å². The Bertz CT molecular complexity index is 1570. The fourth-order valence-electron chi connectivity index (χ4n) is 5.58. The number of halogens is 2. The molecule has 0 radical (unpaired) electrons. The van der Waals surface area contributed by atoms with E-state index < -0.39 is 20.8 Å². The fraction of sp³-hybridized carbons (Fsp3) is 0.515. The van der Waals surface area contributed by atoms with Gasteiger partial charge in [-0.05, 0) is 74.6 Å². The minimum Gasteiger partial charge on any atom is -0.317 e. The number of nitrogens with zero attached hydrogens (tertiary/aromatic N) is 4. The van der Waals surface area contributed by atoms with E-state index in [0.29, 0.717) is 40.9 Å². The van der Waals surface area contributed by atoms with E-state index in [2.05, 4.69) is 47.8 Å². The van der Waals surface area contributed by atoms with E-state index in [1.165, 1.54) is 56.6 Å². The van der Waals surface area contributed by atoms with Gasteiger partial charge in [-0.1, -0.05) is 79.3 Å². The van der Waals surface area contributed by atoms with Gasteiger partial charge in [-0.3, -0.25) is 0 Å². The third kappa shape index (κ3) is 13.7. The number of aromatic nitrogens is 2. The Morgan fingerprint density at radius 3 is 1.67 bits per heavy atom. The summed E-state index contributed by atoms with van der Waals surface area (Å²) < 4.78 is 71.4. The van der Waals surface area contributed by atoms with Crippen LogP contribution in [0.3, 0.4) is 0 Å². The third-order valence-corrected chi connectivity index (χ3v) is 9.87. The van der Waals surface area contributed by atoms with Crippen LogP contribution in [0.25, 0.3) is 0 Å². The molecule has 0 spiro atoms. The van der Waals surface area contributed by atoms with E-state index in [0.717, 1.165) is 29.5 Å². The fourth-order valence-corrected chi connectivity index (χ4v) is 7.00. The summed E-state index contributed by atoms with van der Waals surface area (Å²) in [5.41, 5.74) is 3.46. The lowest BCUT2D eigenvalue weighted by Gasteiger charge is -2.28. The molecule has 13 heteroatoms. The van der Waals surface area contributed by atoms with Gasteiger partial charge in [0.25, 0.3) is 5.82 Å². The number of nitrogens with one attached hydrogen (secondary N) is 1. The summed E-state index contributed by atoms with van der Waals surface area (Å²) >= 11 is 0. The van der Waals surface area contributed by atoms with Gasteiger partial charge in [0.05, 0.1) is 13.1 Å². The highest BCUT2D eigenvalue weighted by atomic mass is 32.3. The average Bonchev–Trinajstić information content (AvgIpc) is 3.33. The molecule has 46 heavy (non-hydrogen) atoms. The molecule has 2 aliphatic rings. The molecular formula is C33H48F2N5O4S2+. The molecule has 254 valence electrons. The molecule has 0 saturated carbocycles. The van der Waals surface area contributed by atoms with E-state index in [4.69, 9.17) is 5.26 Å². The molecule has 1 N–H and O–H groups in total. The molecule has 5 rings (SSSR count). The summed E-state index contributed by atoms with van der Waals surface area (Å²) in [5.74, 6) is 1.79. The van der Waals surface area contributed by atoms with Crippen molar-refractivity contribution < 1.29 is 28.6 Å². The van der Waals surface area contributed by atoms with Crippen molar-refractivity contribution in [2.45, 2.75) is 65.7 Å². The molecule has 2 aromatic carbocycles. The summed E-state index contributed by atoms with van der Waals surface area (Å²) in [6.45, 7) is 7.94. The highest BCUT2D eigenvalue weighted by molar-refractivity contribution is 7.83. The lowest BCUT2D eigenvalue weighted by molar-refractivity contribution is -0.525. The summed E-state index contributed by atoms with van der Waals surface area (Å²) in [5, 5.41) is 10.7. The standard InChI is InChI=1S/C12H16FNO2S.C12H17N.C7H12FN2O2S.C2H3N/c13-17(15,16)14-8-6-12(7-9-14)10-11-4-2-1-3-5-11;1-2-4-11(5-3-1)10-12-6-8-13-9-7-12;1-4-7-9(3)6(2)5-10(7)13(8,11)12;1-2-3/h1-5,12H,6-10H2;1-5,12-13H,6-10H2;5H,4H2,1-3H3;1H3/q;;+1;. The third-order valence-electron chi connectivity index (χ3n) is 8.10. The summed E-state index contributed by atoms with van der Waals surface area (Å²) in [4.78, 5) is 0. The lowest BCUT2D eigenvalue weighted by Crippen LogP contribution is -2.42. The zero-order valence-electron chi connectivity index (χ0n) is 27.3. The molecule has 1 aromatic heterocycles. The maximum absolute atomic E-state index is 12.7. The molecule has 0 atom stereocenters. The zero-order chi connectivity index (χ0) is 34.2. The number of imidazole rings is 1. The molecule has 2 aliphatic heterocycles. The first kappa shape index (κ1) is 39.0. The minimum atomic E-state index is -4.65. The molecule has 2 fully saturated rings. The average molecular weight is 681 g/mol. The number of nitriles is 1. The Morgan fingerprint density at radius 1 is 0.870 bits per heavy atom. The maximum Gasteiger partial charge on any atom is 0.480 e. The molecule has 0 bridgehead atoms. The van der Waals surface area contributed by atoms with Gasteiger partial charge in [0.15, 0.2) is 6.20 Å². The van der Waals surface area contributed by atoms with Crippen LogP contribution in [0.5, 0.6) is 0 Å². The van der Waals surface area contributed by atoms with Crippen LogP contribution in [0, 0.1) is 30.1 Å². The number of aryl methyl sites for hydroxylation is 1. The van der Waals surface area contributed by atoms with Crippen molar-refractivity contribution in [3.8, 4) is 6.07 Å². The number of hydrogen-bond donors (Lipinski definition) is 1. The van der Waals surface area contributed by atoms with Crippen LogP contribution in [0.4, 0.5) is 7.77 Å². The number of rotatable bonds is 7. The van der Waals surface area contributed by atoms with Gasteiger partial charge >= 0.3 is 20.8 Å². The van der Waals surface area contributed by atoms with Crippen molar-refractivity contribution in [3.63, 3.8) is 0 Å². The van der Waals surface area contributed by atoms with E-state index in [-0.39, 0.29) is 0 Å². The van der Waals surface area contributed by atoms with Crippen molar-refractivity contribution in [1.29, 1.82) is 5.26 Å². The van der Waals surface area contributed by atoms with E-state index in [9.17, 15) is 24.6 Å². The van der Waals surface area contributed by atoms with Gasteiger partial charge in [0.1, 0.15) is 5.69 Å². The summed E-state index contributed by atoms with van der Waals surface area (Å²) in [7, 11) is -7.44. The second-order valence-corrected chi connectivity index (χ2v) is 14.0. The second kappa shape index (κ2) is 19.5. The van der Waals surface area contributed by atoms with E-state index in [1.54, 1.807) is 31.5 Å². The quantitative estimate of drug-likeness (QED) is 0.272. The monoisotopic (exact) mass is 680 g/mol. The van der Waals surface area contributed by atoms with Gasteiger partial charge in [-0.15, -0.1) is 0 Å². The van der Waals surface area contributed by atoms with Crippen molar-refractivity contribution in [1.82, 2.24) is 14.2 Å². The Hall–Kier alpha value is -3.18. The number of piperidine rings is 2. The molecule has 3 aromatic rings. The van der Waals surface area contributed by atoms with Crippen molar-refractivity contribution in [3.05, 3.63) is 89.5 Å².